The Labute approximate surface area is 366 Å². The second-order valence-electron chi connectivity index (χ2n) is 15.7. The second-order valence-corrected chi connectivity index (χ2v) is 17.7. The van der Waals surface area contributed by atoms with E-state index in [0.29, 0.717) is 25.5 Å². The van der Waals surface area contributed by atoms with Gasteiger partial charge in [0.1, 0.15) is 5.82 Å². The molecule has 0 unspecified atom stereocenters. The zero-order valence-electron chi connectivity index (χ0n) is 33.5. The van der Waals surface area contributed by atoms with Crippen LogP contribution >= 0.6 is 58.0 Å². The summed E-state index contributed by atoms with van der Waals surface area (Å²) in [4.78, 5) is 11.0. The third kappa shape index (κ3) is 8.91. The van der Waals surface area contributed by atoms with Crippen LogP contribution < -0.4 is 20.0 Å². The summed E-state index contributed by atoms with van der Waals surface area (Å²) in [5.41, 5.74) is 14.0. The Morgan fingerprint density at radius 3 is 2.12 bits per heavy atom. The molecule has 5 aromatic carbocycles. The van der Waals surface area contributed by atoms with E-state index in [0.717, 1.165) is 48.1 Å². The lowest BCUT2D eigenvalue weighted by atomic mass is 9.74. The second kappa shape index (κ2) is 17.9. The number of hydrogen-bond acceptors (Lipinski definition) is 5. The quantitative estimate of drug-likeness (QED) is 0.178. The Kier molecular flexibility index (Phi) is 13.1. The highest BCUT2D eigenvalue weighted by atomic mass is 35.5. The maximum atomic E-state index is 13.2. The Morgan fingerprint density at radius 2 is 1.36 bits per heavy atom. The van der Waals surface area contributed by atoms with E-state index in [9.17, 15) is 4.39 Å². The molecule has 4 aliphatic heterocycles. The number of piperidine rings is 1. The molecule has 0 radical (unpaired) electrons. The van der Waals surface area contributed by atoms with E-state index >= 15 is 0 Å². The van der Waals surface area contributed by atoms with Gasteiger partial charge < -0.3 is 24.6 Å². The molecule has 0 atom stereocenters. The number of hydrogen-bond donors (Lipinski definition) is 1. The Bertz CT molecular complexity index is 2440. The molecule has 5 heterocycles. The van der Waals surface area contributed by atoms with Crippen LogP contribution in [0.5, 0.6) is 0 Å². The van der Waals surface area contributed by atoms with Crippen LogP contribution in [0.4, 0.5) is 21.5 Å². The standard InChI is InChI=1S/C15H13ClFN.C14H20N2.C9H9Cl2N.C8H6Cl2N2/c1-18-8-7-12-11(3-2-4-15(12)18)10-5-6-14(17)13(16)9-10;1-11-3-4-13-12(9-11)14(10-16(13)2)5-7-15-8-6-14;1-12-3-2-6-4-7(10)8(11)5-9(6)12;1-12-4-11-7-2-5(9)6(10)3-8(7)12/h2-6,9H,7-8H2,1H3;3-4,9,15H,5-8,10H2,1-2H3;4-5H,2-3H2,1H3;2-4H,1H3. The Balaban J connectivity index is 0.000000120. The molecule has 1 saturated heterocycles. The van der Waals surface area contributed by atoms with Gasteiger partial charge in [0.2, 0.25) is 0 Å². The van der Waals surface area contributed by atoms with E-state index in [1.54, 1.807) is 30.1 Å². The molecule has 1 spiro atoms. The Hall–Kier alpha value is -3.69. The van der Waals surface area contributed by atoms with Gasteiger partial charge in [0.05, 0.1) is 42.5 Å². The van der Waals surface area contributed by atoms with E-state index in [1.807, 2.05) is 35.9 Å². The van der Waals surface area contributed by atoms with Gasteiger partial charge in [-0.25, -0.2) is 9.37 Å². The van der Waals surface area contributed by atoms with Crippen molar-refractivity contribution in [1.29, 1.82) is 0 Å². The van der Waals surface area contributed by atoms with Crippen molar-refractivity contribution >= 4 is 86.1 Å². The molecular weight excluding hydrogens is 833 g/mol. The van der Waals surface area contributed by atoms with Gasteiger partial charge in [-0.05, 0) is 122 Å². The van der Waals surface area contributed by atoms with E-state index in [-0.39, 0.29) is 10.8 Å². The van der Waals surface area contributed by atoms with Crippen LogP contribution in [0.3, 0.4) is 0 Å². The van der Waals surface area contributed by atoms with Crippen LogP contribution in [0.1, 0.15) is 35.1 Å². The number of benzene rings is 5. The summed E-state index contributed by atoms with van der Waals surface area (Å²) in [5.74, 6) is -0.370. The monoisotopic (exact) mass is 878 g/mol. The van der Waals surface area contributed by atoms with E-state index in [4.69, 9.17) is 58.0 Å². The van der Waals surface area contributed by atoms with Gasteiger partial charge in [-0.2, -0.15) is 0 Å². The smallest absolute Gasteiger partial charge is 0.141 e. The maximum Gasteiger partial charge on any atom is 0.141 e. The first-order valence-electron chi connectivity index (χ1n) is 19.5. The summed E-state index contributed by atoms with van der Waals surface area (Å²) < 4.78 is 15.1. The lowest BCUT2D eigenvalue weighted by Gasteiger charge is -2.34. The van der Waals surface area contributed by atoms with Gasteiger partial charge in [0.25, 0.3) is 0 Å². The SMILES string of the molecule is CN1CCc2c(-c3ccc(F)c(Cl)c3)cccc21.CN1CCc2cc(Cl)c(Cl)cc21.Cc1ccc2c(c1)C1(CCNCC1)CN2C.Cn1cnc2cc(Cl)c(Cl)cc21. The molecule has 0 saturated carbocycles. The summed E-state index contributed by atoms with van der Waals surface area (Å²) in [7, 11) is 8.30. The van der Waals surface area contributed by atoms with Crippen LogP contribution in [0.25, 0.3) is 22.2 Å². The molecule has 1 aromatic heterocycles. The van der Waals surface area contributed by atoms with Gasteiger partial charge in [-0.15, -0.1) is 0 Å². The first kappa shape index (κ1) is 42.4. The van der Waals surface area contributed by atoms with Crippen LogP contribution in [0.2, 0.25) is 25.1 Å². The summed E-state index contributed by atoms with van der Waals surface area (Å²) in [5, 5.41) is 6.06. The van der Waals surface area contributed by atoms with Crippen molar-refractivity contribution in [3.05, 3.63) is 138 Å². The fourth-order valence-electron chi connectivity index (χ4n) is 8.56. The zero-order chi connectivity index (χ0) is 41.3. The summed E-state index contributed by atoms with van der Waals surface area (Å²) >= 11 is 29.3. The molecular formula is C46H48Cl5FN6. The number of aromatic nitrogens is 2. The summed E-state index contributed by atoms with van der Waals surface area (Å²) in [6.07, 6.45) is 6.40. The van der Waals surface area contributed by atoms with Gasteiger partial charge in [-0.3, -0.25) is 0 Å². The Morgan fingerprint density at radius 1 is 0.672 bits per heavy atom. The van der Waals surface area contributed by atoms with Gasteiger partial charge in [0, 0.05) is 70.3 Å². The van der Waals surface area contributed by atoms with Crippen LogP contribution in [-0.4, -0.2) is 63.4 Å². The molecule has 10 rings (SSSR count). The van der Waals surface area contributed by atoms with Crippen molar-refractivity contribution < 1.29 is 4.39 Å². The number of fused-ring (bicyclic) bond motifs is 5. The van der Waals surface area contributed by atoms with Crippen molar-refractivity contribution in [2.75, 3.05) is 68.6 Å². The first-order valence-corrected chi connectivity index (χ1v) is 21.4. The third-order valence-corrected chi connectivity index (χ3v) is 13.5. The van der Waals surface area contributed by atoms with Gasteiger partial charge >= 0.3 is 0 Å². The highest BCUT2D eigenvalue weighted by Gasteiger charge is 2.42. The first-order chi connectivity index (χ1) is 27.7. The molecule has 58 heavy (non-hydrogen) atoms. The van der Waals surface area contributed by atoms with Crippen LogP contribution in [0, 0.1) is 12.7 Å². The van der Waals surface area contributed by atoms with Crippen molar-refractivity contribution in [3.8, 4) is 11.1 Å². The average molecular weight is 881 g/mol. The molecule has 1 fully saturated rings. The van der Waals surface area contributed by atoms with E-state index in [1.165, 1.54) is 72.3 Å². The minimum absolute atomic E-state index is 0.177. The predicted molar refractivity (Wildman–Crippen MR) is 246 cm³/mol. The topological polar surface area (TPSA) is 39.6 Å². The predicted octanol–water partition coefficient (Wildman–Crippen LogP) is 12.1. The molecule has 1 N–H and O–H groups in total. The zero-order valence-corrected chi connectivity index (χ0v) is 37.2. The molecule has 0 amide bonds. The summed E-state index contributed by atoms with van der Waals surface area (Å²) in [6, 6.07) is 25.5. The minimum Gasteiger partial charge on any atom is -0.374 e. The molecule has 4 aliphatic rings. The molecule has 6 aromatic rings. The van der Waals surface area contributed by atoms with Gasteiger partial charge in [-0.1, -0.05) is 93.9 Å². The lowest BCUT2D eigenvalue weighted by Crippen LogP contribution is -2.42. The van der Waals surface area contributed by atoms with Crippen molar-refractivity contribution in [1.82, 2.24) is 14.9 Å². The fraction of sp³-hybridized carbons (Fsp3) is 0.326. The molecule has 304 valence electrons. The molecule has 0 bridgehead atoms. The average Bonchev–Trinajstić information content (AvgIpc) is 3.95. The minimum atomic E-state index is -0.370. The highest BCUT2D eigenvalue weighted by Crippen LogP contribution is 2.45. The van der Waals surface area contributed by atoms with Crippen molar-refractivity contribution in [2.45, 2.75) is 38.0 Å². The number of nitrogens with zero attached hydrogens (tertiary/aromatic N) is 5. The largest absolute Gasteiger partial charge is 0.374 e. The number of likely N-dealkylation sites (N-methyl/N-ethyl adjacent to an activating group) is 3. The van der Waals surface area contributed by atoms with Crippen molar-refractivity contribution in [2.24, 2.45) is 7.05 Å². The third-order valence-electron chi connectivity index (χ3n) is 11.7. The number of nitrogens with one attached hydrogen (secondary N) is 1. The normalized spacial score (nSPS) is 15.9. The van der Waals surface area contributed by atoms with E-state index in [2.05, 4.69) is 83.4 Å². The molecule has 6 nitrogen and oxygen atoms in total. The summed E-state index contributed by atoms with van der Waals surface area (Å²) in [6.45, 7) is 7.83. The van der Waals surface area contributed by atoms with E-state index < -0.39 is 0 Å². The number of imidazole rings is 1. The highest BCUT2D eigenvalue weighted by molar-refractivity contribution is 6.43. The fourth-order valence-corrected chi connectivity index (χ4v) is 9.40. The van der Waals surface area contributed by atoms with Gasteiger partial charge in [0.15, 0.2) is 0 Å². The molecule has 0 aliphatic carbocycles. The maximum absolute atomic E-state index is 13.2. The van der Waals surface area contributed by atoms with Crippen molar-refractivity contribution in [3.63, 3.8) is 0 Å². The number of anilines is 3. The van der Waals surface area contributed by atoms with Crippen LogP contribution in [0.15, 0.2) is 85.2 Å². The number of rotatable bonds is 1. The number of halogens is 6. The number of aryl methyl sites for hydroxylation is 2. The molecule has 12 heteroatoms. The lowest BCUT2D eigenvalue weighted by molar-refractivity contribution is 0.327. The van der Waals surface area contributed by atoms with Crippen LogP contribution in [-0.2, 0) is 25.3 Å².